The lowest BCUT2D eigenvalue weighted by molar-refractivity contribution is 0.0318. The summed E-state index contributed by atoms with van der Waals surface area (Å²) < 4.78 is 32.1. The minimum atomic E-state index is -3.55. The minimum absolute atomic E-state index is 0.153. The van der Waals surface area contributed by atoms with Crippen LogP contribution in [0.15, 0.2) is 53.4 Å². The summed E-state index contributed by atoms with van der Waals surface area (Å²) in [5, 5.41) is 0. The topological polar surface area (TPSA) is 80.8 Å². The molecule has 0 bridgehead atoms. The first-order valence-corrected chi connectivity index (χ1v) is 11.1. The molecule has 1 saturated heterocycles. The molecule has 0 saturated carbocycles. The average Bonchev–Trinajstić information content (AvgIpc) is 2.74. The van der Waals surface area contributed by atoms with Gasteiger partial charge in [0.1, 0.15) is 0 Å². The second-order valence-corrected chi connectivity index (χ2v) is 9.20. The lowest BCUT2D eigenvalue weighted by atomic mass is 10.1. The summed E-state index contributed by atoms with van der Waals surface area (Å²) in [6.07, 6.45) is 1.81. The quantitative estimate of drug-likeness (QED) is 0.532. The lowest BCUT2D eigenvalue weighted by Gasteiger charge is -2.25. The Bertz CT molecular complexity index is 975. The molecule has 6 nitrogen and oxygen atoms in total. The minimum Gasteiger partial charge on any atom is -0.451 e. The van der Waals surface area contributed by atoms with Gasteiger partial charge in [-0.05, 0) is 51.0 Å². The number of Topliss-reactive ketones (excluding diaryl/α,β-unsaturated/α-hetero) is 1. The van der Waals surface area contributed by atoms with Gasteiger partial charge in [-0.2, -0.15) is 4.31 Å². The Morgan fingerprint density at radius 1 is 0.897 bits per heavy atom. The molecular weight excluding hydrogens is 390 g/mol. The van der Waals surface area contributed by atoms with Crippen molar-refractivity contribution in [3.8, 4) is 0 Å². The normalized spacial score (nSPS) is 16.2. The van der Waals surface area contributed by atoms with Gasteiger partial charge < -0.3 is 4.74 Å². The molecule has 2 aromatic rings. The third-order valence-corrected chi connectivity index (χ3v) is 6.94. The zero-order valence-electron chi connectivity index (χ0n) is 16.6. The van der Waals surface area contributed by atoms with Gasteiger partial charge in [-0.1, -0.05) is 36.2 Å². The number of carbonyl (C=O) groups excluding carboxylic acids is 2. The number of piperidine rings is 1. The number of carbonyl (C=O) groups is 2. The van der Waals surface area contributed by atoms with Crippen molar-refractivity contribution in [1.82, 2.24) is 4.31 Å². The maximum absolute atomic E-state index is 12.7. The van der Waals surface area contributed by atoms with Gasteiger partial charge in [0, 0.05) is 18.7 Å². The van der Waals surface area contributed by atoms with E-state index in [2.05, 4.69) is 0 Å². The molecular formula is C22H25NO5S. The first-order chi connectivity index (χ1) is 13.8. The largest absolute Gasteiger partial charge is 0.451 e. The first kappa shape index (κ1) is 21.2. The van der Waals surface area contributed by atoms with E-state index in [4.69, 9.17) is 4.74 Å². The van der Waals surface area contributed by atoms with Crippen molar-refractivity contribution in [3.05, 3.63) is 65.2 Å². The van der Waals surface area contributed by atoms with Gasteiger partial charge in [0.05, 0.1) is 10.5 Å². The van der Waals surface area contributed by atoms with Crippen LogP contribution in [0.3, 0.4) is 0 Å². The SMILES string of the molecule is Cc1ccc(C(=O)[C@@H](C)OC(=O)c2ccc(S(=O)(=O)N3CCCCC3)cc2)cc1. The van der Waals surface area contributed by atoms with Crippen LogP contribution in [0.5, 0.6) is 0 Å². The van der Waals surface area contributed by atoms with Crippen LogP contribution in [-0.4, -0.2) is 43.7 Å². The number of hydrogen-bond acceptors (Lipinski definition) is 5. The third kappa shape index (κ3) is 4.92. The van der Waals surface area contributed by atoms with Gasteiger partial charge in [-0.25, -0.2) is 13.2 Å². The summed E-state index contributed by atoms with van der Waals surface area (Å²) in [5.74, 6) is -0.956. The number of benzene rings is 2. The van der Waals surface area contributed by atoms with E-state index < -0.39 is 22.1 Å². The Kier molecular flexibility index (Phi) is 6.49. The van der Waals surface area contributed by atoms with Gasteiger partial charge in [-0.3, -0.25) is 4.79 Å². The lowest BCUT2D eigenvalue weighted by Crippen LogP contribution is -2.35. The molecule has 0 N–H and O–H groups in total. The third-order valence-electron chi connectivity index (χ3n) is 5.03. The van der Waals surface area contributed by atoms with Crippen LogP contribution in [0.2, 0.25) is 0 Å². The van der Waals surface area contributed by atoms with E-state index in [1.807, 2.05) is 19.1 Å². The molecule has 1 aliphatic rings. The summed E-state index contributed by atoms with van der Waals surface area (Å²) in [5.41, 5.74) is 1.70. The molecule has 2 aromatic carbocycles. The summed E-state index contributed by atoms with van der Waals surface area (Å²) in [7, 11) is -3.55. The molecule has 0 amide bonds. The summed E-state index contributed by atoms with van der Waals surface area (Å²) >= 11 is 0. The molecule has 1 atom stereocenters. The number of ketones is 1. The Morgan fingerprint density at radius 2 is 1.45 bits per heavy atom. The van der Waals surface area contributed by atoms with Crippen LogP contribution in [0.4, 0.5) is 0 Å². The molecule has 1 heterocycles. The van der Waals surface area contributed by atoms with E-state index in [0.717, 1.165) is 24.8 Å². The fourth-order valence-electron chi connectivity index (χ4n) is 3.25. The molecule has 0 radical (unpaired) electrons. The van der Waals surface area contributed by atoms with Gasteiger partial charge >= 0.3 is 5.97 Å². The molecule has 29 heavy (non-hydrogen) atoms. The highest BCUT2D eigenvalue weighted by Crippen LogP contribution is 2.21. The number of esters is 1. The van der Waals surface area contributed by atoms with Crippen molar-refractivity contribution in [2.75, 3.05) is 13.1 Å². The van der Waals surface area contributed by atoms with Crippen LogP contribution < -0.4 is 0 Å². The van der Waals surface area contributed by atoms with E-state index in [1.54, 1.807) is 12.1 Å². The molecule has 0 aromatic heterocycles. The summed E-state index contributed by atoms with van der Waals surface area (Å²) in [6.45, 7) is 4.48. The smallest absolute Gasteiger partial charge is 0.338 e. The molecule has 0 unspecified atom stereocenters. The highest BCUT2D eigenvalue weighted by molar-refractivity contribution is 7.89. The van der Waals surface area contributed by atoms with Crippen LogP contribution in [0, 0.1) is 6.92 Å². The fourth-order valence-corrected chi connectivity index (χ4v) is 4.77. The van der Waals surface area contributed by atoms with Gasteiger partial charge in [0.2, 0.25) is 15.8 Å². The molecule has 154 valence electrons. The second-order valence-electron chi connectivity index (χ2n) is 7.27. The molecule has 1 aliphatic heterocycles. The number of rotatable bonds is 6. The number of sulfonamides is 1. The molecule has 7 heteroatoms. The maximum Gasteiger partial charge on any atom is 0.338 e. The van der Waals surface area contributed by atoms with Crippen molar-refractivity contribution < 1.29 is 22.7 Å². The van der Waals surface area contributed by atoms with Crippen molar-refractivity contribution in [2.45, 2.75) is 44.1 Å². The molecule has 0 spiro atoms. The Labute approximate surface area is 171 Å². The van der Waals surface area contributed by atoms with Crippen LogP contribution in [0.25, 0.3) is 0 Å². The van der Waals surface area contributed by atoms with Crippen LogP contribution in [0.1, 0.15) is 52.5 Å². The Morgan fingerprint density at radius 3 is 2.03 bits per heavy atom. The van der Waals surface area contributed by atoms with Gasteiger partial charge in [0.25, 0.3) is 0 Å². The second kappa shape index (κ2) is 8.88. The maximum atomic E-state index is 12.7. The molecule has 1 fully saturated rings. The first-order valence-electron chi connectivity index (χ1n) is 9.71. The summed E-state index contributed by atoms with van der Waals surface area (Å²) in [4.78, 5) is 24.9. The van der Waals surface area contributed by atoms with Crippen LogP contribution >= 0.6 is 0 Å². The zero-order chi connectivity index (χ0) is 21.0. The highest BCUT2D eigenvalue weighted by atomic mass is 32.2. The fraction of sp³-hybridized carbons (Fsp3) is 0.364. The van der Waals surface area contributed by atoms with E-state index in [0.29, 0.717) is 18.7 Å². The van der Waals surface area contributed by atoms with E-state index in [1.165, 1.54) is 35.5 Å². The van der Waals surface area contributed by atoms with E-state index >= 15 is 0 Å². The molecule has 3 rings (SSSR count). The number of hydrogen-bond donors (Lipinski definition) is 0. The van der Waals surface area contributed by atoms with Crippen molar-refractivity contribution in [2.24, 2.45) is 0 Å². The van der Waals surface area contributed by atoms with Gasteiger partial charge in [0.15, 0.2) is 6.10 Å². The highest BCUT2D eigenvalue weighted by Gasteiger charge is 2.26. The Balaban J connectivity index is 1.67. The standard InChI is InChI=1S/C22H25NO5S/c1-16-6-8-18(9-7-16)21(24)17(2)28-22(25)19-10-12-20(13-11-19)29(26,27)23-14-4-3-5-15-23/h6-13,17H,3-5,14-15H2,1-2H3/t17-/m1/s1. The van der Waals surface area contributed by atoms with E-state index in [-0.39, 0.29) is 16.2 Å². The number of nitrogens with zero attached hydrogens (tertiary/aromatic N) is 1. The average molecular weight is 416 g/mol. The monoisotopic (exact) mass is 415 g/mol. The van der Waals surface area contributed by atoms with Crippen LogP contribution in [-0.2, 0) is 14.8 Å². The van der Waals surface area contributed by atoms with Crippen molar-refractivity contribution >= 4 is 21.8 Å². The van der Waals surface area contributed by atoms with E-state index in [9.17, 15) is 18.0 Å². The predicted molar refractivity (Wildman–Crippen MR) is 109 cm³/mol. The molecule has 0 aliphatic carbocycles. The Hall–Kier alpha value is -2.51. The van der Waals surface area contributed by atoms with Gasteiger partial charge in [-0.15, -0.1) is 0 Å². The summed E-state index contributed by atoms with van der Waals surface area (Å²) in [6, 6.07) is 12.7. The predicted octanol–water partition coefficient (Wildman–Crippen LogP) is 3.60. The van der Waals surface area contributed by atoms with Crippen molar-refractivity contribution in [1.29, 1.82) is 0 Å². The zero-order valence-corrected chi connectivity index (χ0v) is 17.4. The van der Waals surface area contributed by atoms with Crippen molar-refractivity contribution in [3.63, 3.8) is 0 Å². The number of aryl methyl sites for hydroxylation is 1. The number of ether oxygens (including phenoxy) is 1.